The van der Waals surface area contributed by atoms with Crippen molar-refractivity contribution in [3.05, 3.63) is 40.3 Å². The number of halogens is 1. The Morgan fingerprint density at radius 1 is 1.29 bits per heavy atom. The smallest absolute Gasteiger partial charge is 0.220 e. The summed E-state index contributed by atoms with van der Waals surface area (Å²) in [5.74, 6) is -0.227. The SMILES string of the molecule is CCCCOc1ccc(F)ccc1=O. The van der Waals surface area contributed by atoms with E-state index < -0.39 is 5.82 Å². The van der Waals surface area contributed by atoms with Crippen LogP contribution >= 0.6 is 0 Å². The van der Waals surface area contributed by atoms with Gasteiger partial charge >= 0.3 is 0 Å². The fourth-order valence-electron chi connectivity index (χ4n) is 0.976. The fraction of sp³-hybridized carbons (Fsp3) is 0.364. The van der Waals surface area contributed by atoms with Crippen molar-refractivity contribution < 1.29 is 9.13 Å². The molecule has 0 amide bonds. The first-order valence-corrected chi connectivity index (χ1v) is 4.66. The Morgan fingerprint density at radius 3 is 2.71 bits per heavy atom. The van der Waals surface area contributed by atoms with E-state index in [1.54, 1.807) is 0 Å². The minimum atomic E-state index is -0.438. The Kier molecular flexibility index (Phi) is 4.11. The number of hydrogen-bond donors (Lipinski definition) is 0. The van der Waals surface area contributed by atoms with Crippen molar-refractivity contribution in [2.45, 2.75) is 19.8 Å². The molecule has 1 aromatic carbocycles. The second-order valence-electron chi connectivity index (χ2n) is 2.98. The molecular formula is C11H13FO2. The lowest BCUT2D eigenvalue weighted by atomic mass is 10.3. The highest BCUT2D eigenvalue weighted by molar-refractivity contribution is 5.20. The molecule has 0 aliphatic heterocycles. The van der Waals surface area contributed by atoms with E-state index in [0.717, 1.165) is 18.9 Å². The van der Waals surface area contributed by atoms with Crippen LogP contribution in [0, 0.1) is 5.82 Å². The lowest BCUT2D eigenvalue weighted by Gasteiger charge is -2.00. The largest absolute Gasteiger partial charge is 0.489 e. The van der Waals surface area contributed by atoms with Crippen molar-refractivity contribution in [1.29, 1.82) is 0 Å². The fourth-order valence-corrected chi connectivity index (χ4v) is 0.976. The predicted molar refractivity (Wildman–Crippen MR) is 53.1 cm³/mol. The maximum absolute atomic E-state index is 12.7. The third-order valence-electron chi connectivity index (χ3n) is 1.79. The van der Waals surface area contributed by atoms with Crippen LogP contribution in [0.2, 0.25) is 0 Å². The maximum atomic E-state index is 12.7. The first-order chi connectivity index (χ1) is 6.74. The molecule has 0 unspecified atom stereocenters. The third kappa shape index (κ3) is 3.17. The minimum absolute atomic E-state index is 0.211. The summed E-state index contributed by atoms with van der Waals surface area (Å²) >= 11 is 0. The predicted octanol–water partition coefficient (Wildman–Crippen LogP) is 2.36. The molecule has 0 bridgehead atoms. The van der Waals surface area contributed by atoms with Crippen molar-refractivity contribution in [1.82, 2.24) is 0 Å². The maximum Gasteiger partial charge on any atom is 0.220 e. The van der Waals surface area contributed by atoms with E-state index in [9.17, 15) is 9.18 Å². The Morgan fingerprint density at radius 2 is 2.00 bits per heavy atom. The molecule has 1 aromatic rings. The second kappa shape index (κ2) is 5.37. The second-order valence-corrected chi connectivity index (χ2v) is 2.98. The summed E-state index contributed by atoms with van der Waals surface area (Å²) in [6.07, 6.45) is 1.89. The molecule has 0 saturated heterocycles. The van der Waals surface area contributed by atoms with Crippen LogP contribution in [0.5, 0.6) is 5.75 Å². The molecule has 76 valence electrons. The zero-order chi connectivity index (χ0) is 10.4. The number of hydrogen-bond acceptors (Lipinski definition) is 2. The molecule has 0 aliphatic rings. The van der Waals surface area contributed by atoms with Gasteiger partial charge in [-0.1, -0.05) is 13.3 Å². The zero-order valence-electron chi connectivity index (χ0n) is 8.13. The van der Waals surface area contributed by atoms with Crippen LogP contribution in [0.15, 0.2) is 29.1 Å². The van der Waals surface area contributed by atoms with Crippen LogP contribution in [-0.2, 0) is 0 Å². The highest BCUT2D eigenvalue weighted by atomic mass is 19.1. The summed E-state index contributed by atoms with van der Waals surface area (Å²) in [6, 6.07) is 4.90. The van der Waals surface area contributed by atoms with Crippen LogP contribution in [0.3, 0.4) is 0 Å². The van der Waals surface area contributed by atoms with Gasteiger partial charge in [0, 0.05) is 0 Å². The average Bonchev–Trinajstić information content (AvgIpc) is 2.33. The van der Waals surface area contributed by atoms with Gasteiger partial charge in [0.15, 0.2) is 5.75 Å². The minimum Gasteiger partial charge on any atom is -0.489 e. The van der Waals surface area contributed by atoms with Gasteiger partial charge in [0.2, 0.25) is 5.43 Å². The summed E-state index contributed by atoms with van der Waals surface area (Å²) in [6.45, 7) is 2.53. The van der Waals surface area contributed by atoms with Crippen molar-refractivity contribution >= 4 is 0 Å². The molecule has 0 N–H and O–H groups in total. The zero-order valence-corrected chi connectivity index (χ0v) is 8.13. The number of rotatable bonds is 4. The van der Waals surface area contributed by atoms with Crippen LogP contribution < -0.4 is 10.2 Å². The molecule has 2 nitrogen and oxygen atoms in total. The quantitative estimate of drug-likeness (QED) is 0.691. The molecule has 0 fully saturated rings. The molecule has 3 heteroatoms. The van der Waals surface area contributed by atoms with Crippen LogP contribution in [-0.4, -0.2) is 6.61 Å². The Balaban J connectivity index is 2.77. The van der Waals surface area contributed by atoms with Gasteiger partial charge in [0.05, 0.1) is 6.61 Å². The molecule has 14 heavy (non-hydrogen) atoms. The van der Waals surface area contributed by atoms with E-state index in [-0.39, 0.29) is 11.2 Å². The Hall–Kier alpha value is -1.38. The summed E-state index contributed by atoms with van der Waals surface area (Å²) in [5.41, 5.74) is -0.287. The topological polar surface area (TPSA) is 26.3 Å². The van der Waals surface area contributed by atoms with Crippen LogP contribution in [0.25, 0.3) is 0 Å². The summed E-state index contributed by atoms with van der Waals surface area (Å²) < 4.78 is 17.9. The van der Waals surface area contributed by atoms with E-state index >= 15 is 0 Å². The standard InChI is InChI=1S/C11H13FO2/c1-2-3-8-14-11-7-5-9(12)4-6-10(11)13/h4-7H,2-3,8H2,1H3. The van der Waals surface area contributed by atoms with Gasteiger partial charge in [-0.2, -0.15) is 0 Å². The highest BCUT2D eigenvalue weighted by Gasteiger charge is 1.97. The molecule has 0 radical (unpaired) electrons. The lowest BCUT2D eigenvalue weighted by molar-refractivity contribution is 0.307. The van der Waals surface area contributed by atoms with E-state index in [1.165, 1.54) is 18.2 Å². The van der Waals surface area contributed by atoms with Gasteiger partial charge in [-0.3, -0.25) is 4.79 Å². The van der Waals surface area contributed by atoms with E-state index in [4.69, 9.17) is 4.74 Å². The van der Waals surface area contributed by atoms with Crippen molar-refractivity contribution in [3.63, 3.8) is 0 Å². The third-order valence-corrected chi connectivity index (χ3v) is 1.79. The van der Waals surface area contributed by atoms with Crippen LogP contribution in [0.4, 0.5) is 4.39 Å². The first kappa shape index (κ1) is 10.7. The Bertz CT molecular complexity index is 350. The lowest BCUT2D eigenvalue weighted by Crippen LogP contribution is -2.05. The van der Waals surface area contributed by atoms with E-state index in [0.29, 0.717) is 6.61 Å². The van der Waals surface area contributed by atoms with Gasteiger partial charge in [-0.15, -0.1) is 0 Å². The van der Waals surface area contributed by atoms with Gasteiger partial charge in [0.1, 0.15) is 5.82 Å². The van der Waals surface area contributed by atoms with Crippen molar-refractivity contribution in [2.75, 3.05) is 6.61 Å². The molecular weight excluding hydrogens is 183 g/mol. The van der Waals surface area contributed by atoms with Gasteiger partial charge < -0.3 is 4.74 Å². The highest BCUT2D eigenvalue weighted by Crippen LogP contribution is 2.03. The van der Waals surface area contributed by atoms with Gasteiger partial charge in [-0.05, 0) is 30.7 Å². The molecule has 0 aliphatic carbocycles. The van der Waals surface area contributed by atoms with Gasteiger partial charge in [0.25, 0.3) is 0 Å². The summed E-state index contributed by atoms with van der Waals surface area (Å²) in [4.78, 5) is 11.3. The molecule has 0 heterocycles. The normalized spacial score (nSPS) is 9.86. The number of unbranched alkanes of at least 4 members (excludes halogenated alkanes) is 1. The Labute approximate surface area is 82.3 Å². The van der Waals surface area contributed by atoms with Crippen molar-refractivity contribution in [2.24, 2.45) is 0 Å². The first-order valence-electron chi connectivity index (χ1n) is 4.66. The number of ether oxygens (including phenoxy) is 1. The summed E-state index contributed by atoms with van der Waals surface area (Å²) in [5, 5.41) is 0. The van der Waals surface area contributed by atoms with Crippen molar-refractivity contribution in [3.8, 4) is 5.75 Å². The van der Waals surface area contributed by atoms with E-state index in [2.05, 4.69) is 0 Å². The monoisotopic (exact) mass is 196 g/mol. The average molecular weight is 196 g/mol. The molecule has 0 aromatic heterocycles. The molecule has 1 rings (SSSR count). The molecule has 0 atom stereocenters. The molecule has 0 spiro atoms. The van der Waals surface area contributed by atoms with Gasteiger partial charge in [-0.25, -0.2) is 4.39 Å². The van der Waals surface area contributed by atoms with E-state index in [1.807, 2.05) is 6.92 Å². The molecule has 0 saturated carbocycles. The van der Waals surface area contributed by atoms with Crippen LogP contribution in [0.1, 0.15) is 19.8 Å². The summed E-state index contributed by atoms with van der Waals surface area (Å²) in [7, 11) is 0.